The first-order valence-corrected chi connectivity index (χ1v) is 7.84. The second kappa shape index (κ2) is 6.13. The highest BCUT2D eigenvalue weighted by Crippen LogP contribution is 2.35. The number of hydrogen-bond acceptors (Lipinski definition) is 3. The Morgan fingerprint density at radius 1 is 1.40 bits per heavy atom. The first-order chi connectivity index (χ1) is 9.45. The van der Waals surface area contributed by atoms with Gasteiger partial charge in [0, 0.05) is 19.1 Å². The second-order valence-corrected chi connectivity index (χ2v) is 6.99. The Hall–Kier alpha value is -1.09. The first kappa shape index (κ1) is 15.3. The molecule has 1 aliphatic heterocycles. The van der Waals surface area contributed by atoms with E-state index in [2.05, 4.69) is 55.0 Å². The lowest BCUT2D eigenvalue weighted by Gasteiger charge is -2.27. The molecule has 0 bridgehead atoms. The Morgan fingerprint density at radius 2 is 2.15 bits per heavy atom. The maximum Gasteiger partial charge on any atom is 0.0574 e. The van der Waals surface area contributed by atoms with Crippen LogP contribution in [0.25, 0.3) is 0 Å². The number of pyridine rings is 1. The highest BCUT2D eigenvalue weighted by molar-refractivity contribution is 5.46. The van der Waals surface area contributed by atoms with Crippen molar-refractivity contribution in [3.05, 3.63) is 24.0 Å². The fourth-order valence-electron chi connectivity index (χ4n) is 3.05. The van der Waals surface area contributed by atoms with Gasteiger partial charge in [0.15, 0.2) is 0 Å². The van der Waals surface area contributed by atoms with Crippen LogP contribution < -0.4 is 10.2 Å². The molecule has 20 heavy (non-hydrogen) atoms. The third-order valence-electron chi connectivity index (χ3n) is 4.66. The molecule has 0 aliphatic carbocycles. The molecule has 0 aromatic carbocycles. The van der Waals surface area contributed by atoms with Crippen molar-refractivity contribution < 1.29 is 0 Å². The predicted octanol–water partition coefficient (Wildman–Crippen LogP) is 3.62. The van der Waals surface area contributed by atoms with E-state index >= 15 is 0 Å². The van der Waals surface area contributed by atoms with Crippen LogP contribution in [-0.4, -0.2) is 25.1 Å². The van der Waals surface area contributed by atoms with Crippen molar-refractivity contribution in [1.29, 1.82) is 0 Å². The second-order valence-electron chi connectivity index (χ2n) is 6.99. The Labute approximate surface area is 123 Å². The van der Waals surface area contributed by atoms with E-state index in [0.717, 1.165) is 31.1 Å². The zero-order chi connectivity index (χ0) is 14.8. The molecule has 1 N–H and O–H groups in total. The third kappa shape index (κ3) is 3.32. The molecule has 0 amide bonds. The zero-order valence-corrected chi connectivity index (χ0v) is 13.6. The van der Waals surface area contributed by atoms with Crippen LogP contribution in [0.3, 0.4) is 0 Å². The molecule has 0 radical (unpaired) electrons. The van der Waals surface area contributed by atoms with Gasteiger partial charge in [0.25, 0.3) is 0 Å². The van der Waals surface area contributed by atoms with E-state index in [1.54, 1.807) is 0 Å². The molecule has 2 heterocycles. The highest BCUT2D eigenvalue weighted by atomic mass is 15.2. The molecule has 0 spiro atoms. The molecule has 1 aliphatic rings. The highest BCUT2D eigenvalue weighted by Gasteiger charge is 2.31. The minimum Gasteiger partial charge on any atom is -0.370 e. The van der Waals surface area contributed by atoms with Crippen molar-refractivity contribution in [2.45, 2.75) is 46.6 Å². The molecule has 2 atom stereocenters. The van der Waals surface area contributed by atoms with Gasteiger partial charge in [-0.25, -0.2) is 0 Å². The van der Waals surface area contributed by atoms with E-state index in [1.165, 1.54) is 12.1 Å². The van der Waals surface area contributed by atoms with Gasteiger partial charge in [0.2, 0.25) is 0 Å². The van der Waals surface area contributed by atoms with Gasteiger partial charge in [-0.2, -0.15) is 0 Å². The number of hydrogen-bond donors (Lipinski definition) is 1. The molecule has 1 aromatic heterocycles. The predicted molar refractivity (Wildman–Crippen MR) is 86.1 cm³/mol. The van der Waals surface area contributed by atoms with Gasteiger partial charge in [0.1, 0.15) is 0 Å². The van der Waals surface area contributed by atoms with Gasteiger partial charge in [-0.15, -0.1) is 0 Å². The van der Waals surface area contributed by atoms with E-state index < -0.39 is 0 Å². The smallest absolute Gasteiger partial charge is 0.0574 e. The Morgan fingerprint density at radius 3 is 2.60 bits per heavy atom. The molecule has 3 nitrogen and oxygen atoms in total. The summed E-state index contributed by atoms with van der Waals surface area (Å²) in [6.45, 7) is 11.6. The molecule has 2 unspecified atom stereocenters. The lowest BCUT2D eigenvalue weighted by Crippen LogP contribution is -2.26. The lowest BCUT2D eigenvalue weighted by molar-refractivity contribution is 0.263. The summed E-state index contributed by atoms with van der Waals surface area (Å²) in [5, 5.41) is 3.31. The van der Waals surface area contributed by atoms with E-state index in [-0.39, 0.29) is 0 Å². The number of nitrogens with zero attached hydrogens (tertiary/aromatic N) is 2. The van der Waals surface area contributed by atoms with Gasteiger partial charge in [0.05, 0.1) is 17.6 Å². The zero-order valence-electron chi connectivity index (χ0n) is 13.6. The monoisotopic (exact) mass is 275 g/mol. The maximum atomic E-state index is 4.65. The van der Waals surface area contributed by atoms with Gasteiger partial charge in [-0.05, 0) is 43.4 Å². The van der Waals surface area contributed by atoms with Crippen LogP contribution in [0, 0.1) is 11.3 Å². The summed E-state index contributed by atoms with van der Waals surface area (Å²) >= 11 is 0. The van der Waals surface area contributed by atoms with Crippen LogP contribution in [0.15, 0.2) is 18.3 Å². The molecule has 1 aromatic rings. The topological polar surface area (TPSA) is 28.2 Å². The lowest BCUT2D eigenvalue weighted by atomic mass is 9.80. The molecule has 3 heteroatoms. The minimum atomic E-state index is 0.366. The van der Waals surface area contributed by atoms with Crippen molar-refractivity contribution in [2.24, 2.45) is 11.3 Å². The Kier molecular flexibility index (Phi) is 4.69. The normalized spacial score (nSPS) is 21.2. The average Bonchev–Trinajstić information content (AvgIpc) is 2.90. The van der Waals surface area contributed by atoms with Crippen LogP contribution in [0.1, 0.15) is 52.3 Å². The van der Waals surface area contributed by atoms with Crippen molar-refractivity contribution in [3.8, 4) is 0 Å². The van der Waals surface area contributed by atoms with Crippen LogP contribution >= 0.6 is 0 Å². The summed E-state index contributed by atoms with van der Waals surface area (Å²) in [4.78, 5) is 7.13. The summed E-state index contributed by atoms with van der Waals surface area (Å²) < 4.78 is 0. The molecule has 2 rings (SSSR count). The Bertz CT molecular complexity index is 415. The van der Waals surface area contributed by atoms with E-state index in [4.69, 9.17) is 0 Å². The number of nitrogens with one attached hydrogen (secondary N) is 1. The van der Waals surface area contributed by atoms with Gasteiger partial charge in [-0.3, -0.25) is 4.98 Å². The number of anilines is 1. The van der Waals surface area contributed by atoms with Crippen molar-refractivity contribution in [1.82, 2.24) is 10.3 Å². The van der Waals surface area contributed by atoms with Gasteiger partial charge >= 0.3 is 0 Å². The maximum absolute atomic E-state index is 4.65. The summed E-state index contributed by atoms with van der Waals surface area (Å²) in [5.41, 5.74) is 2.82. The summed E-state index contributed by atoms with van der Waals surface area (Å²) in [7, 11) is 2.00. The summed E-state index contributed by atoms with van der Waals surface area (Å²) in [5.74, 6) is 0.780. The summed E-state index contributed by atoms with van der Waals surface area (Å²) in [6, 6.07) is 4.77. The quantitative estimate of drug-likeness (QED) is 0.909. The molecule has 0 saturated carbocycles. The van der Waals surface area contributed by atoms with E-state index in [1.807, 2.05) is 13.2 Å². The van der Waals surface area contributed by atoms with Crippen molar-refractivity contribution in [2.75, 3.05) is 25.0 Å². The van der Waals surface area contributed by atoms with Crippen LogP contribution in [0.4, 0.5) is 5.69 Å². The molecular formula is C17H29N3. The average molecular weight is 275 g/mol. The SMILES string of the molecule is CCC(NC)c1ccc(N2CCC(C(C)(C)C)C2)cn1. The van der Waals surface area contributed by atoms with Gasteiger partial charge < -0.3 is 10.2 Å². The molecular weight excluding hydrogens is 246 g/mol. The van der Waals surface area contributed by atoms with Crippen LogP contribution in [-0.2, 0) is 0 Å². The third-order valence-corrected chi connectivity index (χ3v) is 4.66. The van der Waals surface area contributed by atoms with Crippen molar-refractivity contribution in [3.63, 3.8) is 0 Å². The minimum absolute atomic E-state index is 0.366. The van der Waals surface area contributed by atoms with Gasteiger partial charge in [-0.1, -0.05) is 27.7 Å². The van der Waals surface area contributed by atoms with Crippen LogP contribution in [0.5, 0.6) is 0 Å². The number of aromatic nitrogens is 1. The largest absolute Gasteiger partial charge is 0.370 e. The molecule has 1 fully saturated rings. The fourth-order valence-corrected chi connectivity index (χ4v) is 3.05. The molecule has 1 saturated heterocycles. The first-order valence-electron chi connectivity index (χ1n) is 7.84. The Balaban J connectivity index is 2.04. The summed E-state index contributed by atoms with van der Waals surface area (Å²) in [6.07, 6.45) is 4.40. The fraction of sp³-hybridized carbons (Fsp3) is 0.706. The standard InChI is InChI=1S/C17H29N3/c1-6-15(18-5)16-8-7-14(11-19-16)20-10-9-13(12-20)17(2,3)4/h7-8,11,13,15,18H,6,9-10,12H2,1-5H3. The van der Waals surface area contributed by atoms with E-state index in [0.29, 0.717) is 11.5 Å². The van der Waals surface area contributed by atoms with Crippen LogP contribution in [0.2, 0.25) is 0 Å². The molecule has 112 valence electrons. The number of rotatable bonds is 4. The van der Waals surface area contributed by atoms with Crippen molar-refractivity contribution >= 4 is 5.69 Å². The van der Waals surface area contributed by atoms with E-state index in [9.17, 15) is 0 Å².